The van der Waals surface area contributed by atoms with Gasteiger partial charge in [-0.2, -0.15) is 23.5 Å². The molecule has 3 rings (SSSR count). The maximum Gasteiger partial charge on any atom is 0.253 e. The predicted molar refractivity (Wildman–Crippen MR) is 94.3 cm³/mol. The fraction of sp³-hybridized carbons (Fsp3) is 0.312. The minimum absolute atomic E-state index is 0.0746. The van der Waals surface area contributed by atoms with Crippen molar-refractivity contribution < 1.29 is 4.79 Å². The lowest BCUT2D eigenvalue weighted by Crippen LogP contribution is -2.33. The van der Waals surface area contributed by atoms with Gasteiger partial charge in [0, 0.05) is 34.7 Å². The van der Waals surface area contributed by atoms with E-state index >= 15 is 0 Å². The molecule has 21 heavy (non-hydrogen) atoms. The van der Waals surface area contributed by atoms with Crippen molar-refractivity contribution >= 4 is 45.9 Å². The molecule has 1 aliphatic heterocycles. The van der Waals surface area contributed by atoms with Crippen molar-refractivity contribution in [2.45, 2.75) is 5.25 Å². The van der Waals surface area contributed by atoms with E-state index < -0.39 is 0 Å². The highest BCUT2D eigenvalue weighted by Crippen LogP contribution is 2.24. The Morgan fingerprint density at radius 1 is 1.24 bits per heavy atom. The Bertz CT molecular complexity index is 654. The highest BCUT2D eigenvalue weighted by atomic mass is 32.2. The Labute approximate surface area is 133 Å². The molecule has 0 saturated carbocycles. The third-order valence-corrected chi connectivity index (χ3v) is 6.38. The van der Waals surface area contributed by atoms with E-state index in [1.54, 1.807) is 0 Å². The van der Waals surface area contributed by atoms with Crippen LogP contribution in [0.1, 0.15) is 10.4 Å². The van der Waals surface area contributed by atoms with Crippen molar-refractivity contribution in [1.29, 1.82) is 0 Å². The second-order valence-corrected chi connectivity index (χ2v) is 7.62. The fourth-order valence-corrected chi connectivity index (χ4v) is 5.02. The van der Waals surface area contributed by atoms with Gasteiger partial charge in [-0.05, 0) is 22.9 Å². The van der Waals surface area contributed by atoms with Crippen LogP contribution in [0.5, 0.6) is 0 Å². The van der Waals surface area contributed by atoms with E-state index in [-0.39, 0.29) is 5.91 Å². The zero-order valence-corrected chi connectivity index (χ0v) is 13.3. The number of thioether (sulfide) groups is 2. The number of carbonyl (C=O) groups is 1. The van der Waals surface area contributed by atoms with Gasteiger partial charge in [0.25, 0.3) is 5.91 Å². The number of fused-ring (bicyclic) bond motifs is 1. The second kappa shape index (κ2) is 6.62. The molecular formula is C16H18N2OS2. The Hall–Kier alpha value is -1.33. The predicted octanol–water partition coefficient (Wildman–Crippen LogP) is 3.00. The van der Waals surface area contributed by atoms with E-state index in [0.29, 0.717) is 23.0 Å². The quantitative estimate of drug-likeness (QED) is 0.854. The molecule has 1 fully saturated rings. The van der Waals surface area contributed by atoms with Gasteiger partial charge in [0.1, 0.15) is 0 Å². The van der Waals surface area contributed by atoms with Crippen LogP contribution in [0.2, 0.25) is 0 Å². The standard InChI is InChI=1S/C16H18N2OS2/c17-15-8-12-4-2-1-3-11(12)7-14(15)16(19)18-9-13-10-20-5-6-21-13/h1-4,7-8,13H,5-6,9-10,17H2,(H,18,19). The van der Waals surface area contributed by atoms with Crippen LogP contribution < -0.4 is 11.1 Å². The maximum absolute atomic E-state index is 12.3. The van der Waals surface area contributed by atoms with Gasteiger partial charge in [0.2, 0.25) is 0 Å². The summed E-state index contributed by atoms with van der Waals surface area (Å²) in [4.78, 5) is 12.3. The molecule has 1 atom stereocenters. The van der Waals surface area contributed by atoms with E-state index in [4.69, 9.17) is 5.73 Å². The number of rotatable bonds is 3. The van der Waals surface area contributed by atoms with E-state index in [9.17, 15) is 4.79 Å². The van der Waals surface area contributed by atoms with E-state index in [1.807, 2.05) is 59.9 Å². The number of nitrogens with one attached hydrogen (secondary N) is 1. The van der Waals surface area contributed by atoms with Crippen LogP contribution in [-0.4, -0.2) is 35.0 Å². The van der Waals surface area contributed by atoms with Gasteiger partial charge in [0.15, 0.2) is 0 Å². The highest BCUT2D eigenvalue weighted by Gasteiger charge is 2.17. The third-order valence-electron chi connectivity index (χ3n) is 3.54. The van der Waals surface area contributed by atoms with Gasteiger partial charge < -0.3 is 11.1 Å². The molecular weight excluding hydrogens is 300 g/mol. The molecule has 110 valence electrons. The number of nitrogens with two attached hydrogens (primary N) is 1. The van der Waals surface area contributed by atoms with Gasteiger partial charge >= 0.3 is 0 Å². The minimum atomic E-state index is -0.0746. The summed E-state index contributed by atoms with van der Waals surface area (Å²) in [6, 6.07) is 11.7. The molecule has 1 amide bonds. The molecule has 0 radical (unpaired) electrons. The first-order valence-electron chi connectivity index (χ1n) is 7.00. The molecule has 2 aromatic rings. The summed E-state index contributed by atoms with van der Waals surface area (Å²) in [5, 5.41) is 5.63. The number of hydrogen-bond donors (Lipinski definition) is 2. The summed E-state index contributed by atoms with van der Waals surface area (Å²) in [5.41, 5.74) is 7.14. The lowest BCUT2D eigenvalue weighted by atomic mass is 10.0. The molecule has 3 N–H and O–H groups in total. The Kier molecular flexibility index (Phi) is 4.60. The van der Waals surface area contributed by atoms with E-state index in [2.05, 4.69) is 5.32 Å². The normalized spacial score (nSPS) is 18.6. The second-order valence-electron chi connectivity index (χ2n) is 5.06. The van der Waals surface area contributed by atoms with Gasteiger partial charge in [-0.3, -0.25) is 4.79 Å². The molecule has 0 spiro atoms. The SMILES string of the molecule is Nc1cc2ccccc2cc1C(=O)NCC1CSCCS1. The van der Waals surface area contributed by atoms with Crippen LogP contribution in [0.3, 0.4) is 0 Å². The van der Waals surface area contributed by atoms with Crippen molar-refractivity contribution in [2.75, 3.05) is 29.5 Å². The zero-order valence-electron chi connectivity index (χ0n) is 11.7. The lowest BCUT2D eigenvalue weighted by Gasteiger charge is -2.21. The van der Waals surface area contributed by atoms with Crippen molar-refractivity contribution in [3.8, 4) is 0 Å². The summed E-state index contributed by atoms with van der Waals surface area (Å²) in [6.07, 6.45) is 0. The van der Waals surface area contributed by atoms with Crippen LogP contribution in [0.15, 0.2) is 36.4 Å². The summed E-state index contributed by atoms with van der Waals surface area (Å²) in [7, 11) is 0. The highest BCUT2D eigenvalue weighted by molar-refractivity contribution is 8.06. The van der Waals surface area contributed by atoms with Gasteiger partial charge in [0.05, 0.1) is 5.56 Å². The van der Waals surface area contributed by atoms with Gasteiger partial charge in [-0.1, -0.05) is 24.3 Å². The van der Waals surface area contributed by atoms with E-state index in [1.165, 1.54) is 11.5 Å². The summed E-state index contributed by atoms with van der Waals surface area (Å²) < 4.78 is 0. The average Bonchev–Trinajstić information content (AvgIpc) is 2.53. The first-order valence-corrected chi connectivity index (χ1v) is 9.20. The Morgan fingerprint density at radius 2 is 2.00 bits per heavy atom. The third kappa shape index (κ3) is 3.47. The van der Waals surface area contributed by atoms with Gasteiger partial charge in [-0.25, -0.2) is 0 Å². The topological polar surface area (TPSA) is 55.1 Å². The van der Waals surface area contributed by atoms with Crippen LogP contribution in [-0.2, 0) is 0 Å². The number of carbonyl (C=O) groups excluding carboxylic acids is 1. The summed E-state index contributed by atoms with van der Waals surface area (Å²) in [6.45, 7) is 0.711. The van der Waals surface area contributed by atoms with Crippen molar-refractivity contribution in [3.05, 3.63) is 42.0 Å². The number of amides is 1. The number of anilines is 1. The molecule has 0 aliphatic carbocycles. The molecule has 1 heterocycles. The zero-order chi connectivity index (χ0) is 14.7. The maximum atomic E-state index is 12.3. The first-order chi connectivity index (χ1) is 10.2. The molecule has 0 bridgehead atoms. The lowest BCUT2D eigenvalue weighted by molar-refractivity contribution is 0.0955. The molecule has 1 saturated heterocycles. The Balaban J connectivity index is 1.73. The monoisotopic (exact) mass is 318 g/mol. The molecule has 0 aromatic heterocycles. The van der Waals surface area contributed by atoms with Crippen LogP contribution >= 0.6 is 23.5 Å². The molecule has 2 aromatic carbocycles. The first kappa shape index (κ1) is 14.6. The largest absolute Gasteiger partial charge is 0.398 e. The van der Waals surface area contributed by atoms with Gasteiger partial charge in [-0.15, -0.1) is 0 Å². The van der Waals surface area contributed by atoms with Crippen LogP contribution in [0.4, 0.5) is 5.69 Å². The summed E-state index contributed by atoms with van der Waals surface area (Å²) in [5.74, 6) is 3.42. The van der Waals surface area contributed by atoms with Crippen molar-refractivity contribution in [1.82, 2.24) is 5.32 Å². The molecule has 3 nitrogen and oxygen atoms in total. The van der Waals surface area contributed by atoms with Crippen molar-refractivity contribution in [3.63, 3.8) is 0 Å². The number of hydrogen-bond acceptors (Lipinski definition) is 4. The number of nitrogen functional groups attached to an aromatic ring is 1. The fourth-order valence-electron chi connectivity index (χ4n) is 2.41. The molecule has 1 unspecified atom stereocenters. The Morgan fingerprint density at radius 3 is 2.71 bits per heavy atom. The molecule has 5 heteroatoms. The van der Waals surface area contributed by atoms with E-state index in [0.717, 1.165) is 16.5 Å². The number of benzene rings is 2. The van der Waals surface area contributed by atoms with Crippen molar-refractivity contribution in [2.24, 2.45) is 0 Å². The smallest absolute Gasteiger partial charge is 0.253 e. The minimum Gasteiger partial charge on any atom is -0.398 e. The van der Waals surface area contributed by atoms with Crippen LogP contribution in [0, 0.1) is 0 Å². The average molecular weight is 318 g/mol. The molecule has 1 aliphatic rings. The van der Waals surface area contributed by atoms with Crippen LogP contribution in [0.25, 0.3) is 10.8 Å². The summed E-state index contributed by atoms with van der Waals surface area (Å²) >= 11 is 3.90.